The van der Waals surface area contributed by atoms with Gasteiger partial charge in [0, 0.05) is 10.3 Å². The van der Waals surface area contributed by atoms with Gasteiger partial charge in [0.25, 0.3) is 0 Å². The molecule has 94 valence electrons. The van der Waals surface area contributed by atoms with E-state index in [1.807, 2.05) is 6.07 Å². The van der Waals surface area contributed by atoms with Crippen LogP contribution in [0, 0.1) is 5.41 Å². The first-order valence-corrected chi connectivity index (χ1v) is 7.30. The van der Waals surface area contributed by atoms with Crippen LogP contribution in [0.15, 0.2) is 12.1 Å². The summed E-state index contributed by atoms with van der Waals surface area (Å²) in [6, 6.07) is 4.15. The number of Topliss-reactive ketones (excluding diaryl/α,β-unsaturated/α-hetero) is 1. The summed E-state index contributed by atoms with van der Waals surface area (Å²) in [6.07, 6.45) is 4.54. The maximum Gasteiger partial charge on any atom is 0.178 e. The van der Waals surface area contributed by atoms with Crippen molar-refractivity contribution in [2.24, 2.45) is 5.41 Å². The molecule has 1 fully saturated rings. The number of carbonyl (C=O) groups excluding carboxylic acids is 1. The third-order valence-corrected chi connectivity index (χ3v) is 5.33. The minimum Gasteiger partial charge on any atom is -0.293 e. The fourth-order valence-electron chi connectivity index (χ4n) is 2.54. The lowest BCUT2D eigenvalue weighted by atomic mass is 9.83. The van der Waals surface area contributed by atoms with Crippen molar-refractivity contribution in [3.05, 3.63) is 21.9 Å². The molecule has 1 nitrogen and oxygen atoms in total. The van der Waals surface area contributed by atoms with Crippen LogP contribution in [0.1, 0.15) is 67.9 Å². The van der Waals surface area contributed by atoms with Gasteiger partial charge in [0.15, 0.2) is 5.78 Å². The quantitative estimate of drug-likeness (QED) is 0.688. The molecule has 0 spiro atoms. The first-order valence-electron chi connectivity index (χ1n) is 6.48. The summed E-state index contributed by atoms with van der Waals surface area (Å²) in [6.45, 7) is 8.73. The average Bonchev–Trinajstić information content (AvgIpc) is 2.84. The van der Waals surface area contributed by atoms with Crippen molar-refractivity contribution in [1.29, 1.82) is 0 Å². The third kappa shape index (κ3) is 2.47. The van der Waals surface area contributed by atoms with Crippen LogP contribution in [0.4, 0.5) is 0 Å². The van der Waals surface area contributed by atoms with Crippen molar-refractivity contribution >= 4 is 17.1 Å². The van der Waals surface area contributed by atoms with Crippen molar-refractivity contribution in [3.8, 4) is 0 Å². The van der Waals surface area contributed by atoms with Crippen molar-refractivity contribution in [3.63, 3.8) is 0 Å². The lowest BCUT2D eigenvalue weighted by Crippen LogP contribution is -2.23. The average molecular weight is 250 g/mol. The summed E-state index contributed by atoms with van der Waals surface area (Å²) in [5.41, 5.74) is 0.0692. The molecule has 1 aliphatic carbocycles. The van der Waals surface area contributed by atoms with E-state index in [4.69, 9.17) is 0 Å². The summed E-state index contributed by atoms with van der Waals surface area (Å²) < 4.78 is 0. The minimum atomic E-state index is -0.0833. The van der Waals surface area contributed by atoms with E-state index in [2.05, 4.69) is 33.8 Å². The van der Waals surface area contributed by atoms with Gasteiger partial charge in [-0.15, -0.1) is 11.3 Å². The molecular formula is C15H22OS. The van der Waals surface area contributed by atoms with Crippen LogP contribution in [-0.4, -0.2) is 5.78 Å². The monoisotopic (exact) mass is 250 g/mol. The van der Waals surface area contributed by atoms with Crippen molar-refractivity contribution in [1.82, 2.24) is 0 Å². The van der Waals surface area contributed by atoms with Gasteiger partial charge in [0.2, 0.25) is 0 Å². The Morgan fingerprint density at radius 2 is 1.82 bits per heavy atom. The van der Waals surface area contributed by atoms with Crippen molar-refractivity contribution in [2.45, 2.75) is 58.8 Å². The Labute approximate surface area is 108 Å². The normalized spacial score (nSPS) is 19.5. The molecule has 1 aliphatic rings. The highest BCUT2D eigenvalue weighted by atomic mass is 32.1. The maximum absolute atomic E-state index is 12.5. The molecule has 0 aromatic carbocycles. The molecule has 0 saturated heterocycles. The Morgan fingerprint density at radius 3 is 2.29 bits per heavy atom. The molecule has 0 unspecified atom stereocenters. The maximum atomic E-state index is 12.5. The molecule has 2 heteroatoms. The summed E-state index contributed by atoms with van der Waals surface area (Å²) in [4.78, 5) is 14.8. The Bertz CT molecular complexity index is 416. The number of carbonyl (C=O) groups is 1. The van der Waals surface area contributed by atoms with Crippen molar-refractivity contribution < 1.29 is 4.79 Å². The second kappa shape index (κ2) is 4.24. The number of rotatable bonds is 2. The van der Waals surface area contributed by atoms with E-state index in [0.29, 0.717) is 5.78 Å². The molecule has 0 radical (unpaired) electrons. The van der Waals surface area contributed by atoms with Gasteiger partial charge in [0.05, 0.1) is 4.88 Å². The zero-order chi connectivity index (χ0) is 12.7. The molecule has 2 rings (SSSR count). The Kier molecular flexibility index (Phi) is 3.19. The standard InChI is InChI=1S/C15H22OS/c1-14(2,3)12-8-7-11(17-12)13(16)15(4)9-5-6-10-15/h7-8H,5-6,9-10H2,1-4H3. The van der Waals surface area contributed by atoms with Gasteiger partial charge in [-0.05, 0) is 30.4 Å². The molecule has 1 heterocycles. The van der Waals surface area contributed by atoms with Crippen LogP contribution in [0.3, 0.4) is 0 Å². The van der Waals surface area contributed by atoms with E-state index in [-0.39, 0.29) is 10.8 Å². The molecule has 0 atom stereocenters. The van der Waals surface area contributed by atoms with E-state index in [1.165, 1.54) is 17.7 Å². The molecule has 0 bridgehead atoms. The number of thiophene rings is 1. The molecular weight excluding hydrogens is 228 g/mol. The predicted molar refractivity (Wildman–Crippen MR) is 73.9 cm³/mol. The first kappa shape index (κ1) is 12.8. The summed E-state index contributed by atoms with van der Waals surface area (Å²) in [7, 11) is 0. The second-order valence-corrected chi connectivity index (χ2v) is 7.59. The highest BCUT2D eigenvalue weighted by Crippen LogP contribution is 2.42. The number of hydrogen-bond donors (Lipinski definition) is 0. The van der Waals surface area contributed by atoms with Crippen LogP contribution in [-0.2, 0) is 5.41 Å². The molecule has 0 N–H and O–H groups in total. The highest BCUT2D eigenvalue weighted by Gasteiger charge is 2.37. The van der Waals surface area contributed by atoms with Gasteiger partial charge >= 0.3 is 0 Å². The lowest BCUT2D eigenvalue weighted by molar-refractivity contribution is 0.0828. The van der Waals surface area contributed by atoms with E-state index < -0.39 is 0 Å². The zero-order valence-corrected chi connectivity index (χ0v) is 12.1. The topological polar surface area (TPSA) is 17.1 Å². The molecule has 0 aliphatic heterocycles. The fourth-order valence-corrected chi connectivity index (χ4v) is 3.70. The molecule has 1 aromatic heterocycles. The van der Waals surface area contributed by atoms with E-state index in [9.17, 15) is 4.79 Å². The minimum absolute atomic E-state index is 0.0833. The second-order valence-electron chi connectivity index (χ2n) is 6.51. The largest absolute Gasteiger partial charge is 0.293 e. The molecule has 1 aromatic rings. The lowest BCUT2D eigenvalue weighted by Gasteiger charge is -2.20. The predicted octanol–water partition coefficient (Wildman–Crippen LogP) is 4.81. The Hall–Kier alpha value is -0.630. The van der Waals surface area contributed by atoms with Gasteiger partial charge in [0.1, 0.15) is 0 Å². The van der Waals surface area contributed by atoms with Gasteiger partial charge in [-0.2, -0.15) is 0 Å². The summed E-state index contributed by atoms with van der Waals surface area (Å²) in [5, 5.41) is 0. The Balaban J connectivity index is 2.23. The number of hydrogen-bond acceptors (Lipinski definition) is 2. The summed E-state index contributed by atoms with van der Waals surface area (Å²) >= 11 is 1.68. The van der Waals surface area contributed by atoms with Gasteiger partial charge < -0.3 is 0 Å². The molecule has 17 heavy (non-hydrogen) atoms. The number of ketones is 1. The van der Waals surface area contributed by atoms with Gasteiger partial charge in [-0.25, -0.2) is 0 Å². The SMILES string of the molecule is CC1(C(=O)c2ccc(C(C)(C)C)s2)CCCC1. The zero-order valence-electron chi connectivity index (χ0n) is 11.3. The van der Waals surface area contributed by atoms with Crippen LogP contribution < -0.4 is 0 Å². The molecule has 1 saturated carbocycles. The van der Waals surface area contributed by atoms with E-state index in [1.54, 1.807) is 11.3 Å². The van der Waals surface area contributed by atoms with Gasteiger partial charge in [-0.1, -0.05) is 40.5 Å². The van der Waals surface area contributed by atoms with Crippen LogP contribution in [0.25, 0.3) is 0 Å². The highest BCUT2D eigenvalue weighted by molar-refractivity contribution is 7.14. The fraction of sp³-hybridized carbons (Fsp3) is 0.667. The van der Waals surface area contributed by atoms with Gasteiger partial charge in [-0.3, -0.25) is 4.79 Å². The van der Waals surface area contributed by atoms with Crippen LogP contribution in [0.5, 0.6) is 0 Å². The first-order chi connectivity index (χ1) is 7.83. The molecule has 0 amide bonds. The summed E-state index contributed by atoms with van der Waals surface area (Å²) in [5.74, 6) is 0.371. The van der Waals surface area contributed by atoms with Crippen molar-refractivity contribution in [2.75, 3.05) is 0 Å². The Morgan fingerprint density at radius 1 is 1.24 bits per heavy atom. The van der Waals surface area contributed by atoms with Crippen LogP contribution >= 0.6 is 11.3 Å². The third-order valence-electron chi connectivity index (χ3n) is 3.82. The smallest absolute Gasteiger partial charge is 0.178 e. The van der Waals surface area contributed by atoms with E-state index >= 15 is 0 Å². The van der Waals surface area contributed by atoms with Crippen LogP contribution in [0.2, 0.25) is 0 Å². The van der Waals surface area contributed by atoms with E-state index in [0.717, 1.165) is 17.7 Å².